The van der Waals surface area contributed by atoms with Crippen LogP contribution in [-0.4, -0.2) is 6.36 Å². The van der Waals surface area contributed by atoms with Gasteiger partial charge in [-0.2, -0.15) is 0 Å². The molecule has 0 bridgehead atoms. The van der Waals surface area contributed by atoms with E-state index in [1.165, 1.54) is 18.2 Å². The highest BCUT2D eigenvalue weighted by Gasteiger charge is 2.32. The molecule has 0 spiro atoms. The van der Waals surface area contributed by atoms with Gasteiger partial charge < -0.3 is 4.74 Å². The summed E-state index contributed by atoms with van der Waals surface area (Å²) in [6.07, 6.45) is -2.76. The van der Waals surface area contributed by atoms with Gasteiger partial charge in [0.2, 0.25) is 0 Å². The Morgan fingerprint density at radius 2 is 1.87 bits per heavy atom. The molecule has 0 saturated heterocycles. The van der Waals surface area contributed by atoms with E-state index in [2.05, 4.69) is 11.3 Å². The topological polar surface area (TPSA) is 9.23 Å². The number of allylic oxidation sites excluding steroid dienone is 1. The summed E-state index contributed by atoms with van der Waals surface area (Å²) >= 11 is 0. The number of aryl methyl sites for hydroxylation is 1. The molecule has 2 aromatic rings. The average molecular weight is 324 g/mol. The van der Waals surface area contributed by atoms with Crippen LogP contribution in [-0.2, 0) is 6.42 Å². The first-order valence-electron chi connectivity index (χ1n) is 6.98. The number of halogens is 4. The molecule has 0 saturated carbocycles. The minimum atomic E-state index is -4.81. The summed E-state index contributed by atoms with van der Waals surface area (Å²) in [5.41, 5.74) is 2.28. The molecule has 0 radical (unpaired) electrons. The molecule has 0 amide bonds. The summed E-state index contributed by atoms with van der Waals surface area (Å²) in [6.45, 7) is 6.90. The van der Waals surface area contributed by atoms with Gasteiger partial charge in [0.05, 0.1) is 0 Å². The van der Waals surface area contributed by atoms with E-state index in [1.807, 2.05) is 0 Å². The number of alkyl halides is 3. The number of hydrogen-bond acceptors (Lipinski definition) is 1. The molecule has 0 aliphatic carbocycles. The standard InChI is InChI=1S/C18H16F4O/c1-4-6-13-9-14(10-15(19)12(13)3)17-11(2)7-5-8-16(17)23-18(20,21)22/h4-5,7-10H,1,6H2,2-3H3. The lowest BCUT2D eigenvalue weighted by Gasteiger charge is -2.17. The Kier molecular flexibility index (Phi) is 4.78. The molecule has 0 aliphatic rings. The maximum atomic E-state index is 14.2. The van der Waals surface area contributed by atoms with Crippen LogP contribution in [0.4, 0.5) is 17.6 Å². The molecule has 0 fully saturated rings. The van der Waals surface area contributed by atoms with Gasteiger partial charge in [0.1, 0.15) is 11.6 Å². The average Bonchev–Trinajstić information content (AvgIpc) is 2.42. The van der Waals surface area contributed by atoms with Crippen LogP contribution in [0.1, 0.15) is 16.7 Å². The van der Waals surface area contributed by atoms with Crippen molar-refractivity contribution in [2.45, 2.75) is 26.6 Å². The maximum Gasteiger partial charge on any atom is 0.573 e. The van der Waals surface area contributed by atoms with Gasteiger partial charge in [-0.05, 0) is 54.7 Å². The molecule has 2 aromatic carbocycles. The summed E-state index contributed by atoms with van der Waals surface area (Å²) in [5.74, 6) is -0.814. The van der Waals surface area contributed by atoms with Crippen molar-refractivity contribution in [2.24, 2.45) is 0 Å². The summed E-state index contributed by atoms with van der Waals surface area (Å²) in [7, 11) is 0. The highest BCUT2D eigenvalue weighted by Crippen LogP contribution is 2.37. The third kappa shape index (κ3) is 3.92. The van der Waals surface area contributed by atoms with Crippen LogP contribution in [0.15, 0.2) is 43.0 Å². The van der Waals surface area contributed by atoms with Crippen LogP contribution in [0.5, 0.6) is 5.75 Å². The van der Waals surface area contributed by atoms with E-state index < -0.39 is 12.2 Å². The highest BCUT2D eigenvalue weighted by atomic mass is 19.4. The second kappa shape index (κ2) is 6.44. The second-order valence-corrected chi connectivity index (χ2v) is 5.23. The predicted octanol–water partition coefficient (Wildman–Crippen LogP) is 5.74. The first kappa shape index (κ1) is 17.1. The van der Waals surface area contributed by atoms with Crippen molar-refractivity contribution in [3.05, 3.63) is 65.5 Å². The lowest BCUT2D eigenvalue weighted by Crippen LogP contribution is -2.17. The zero-order valence-corrected chi connectivity index (χ0v) is 12.8. The summed E-state index contributed by atoms with van der Waals surface area (Å²) in [6, 6.07) is 7.25. The van der Waals surface area contributed by atoms with Crippen molar-refractivity contribution in [3.63, 3.8) is 0 Å². The highest BCUT2D eigenvalue weighted by molar-refractivity contribution is 5.75. The van der Waals surface area contributed by atoms with Gasteiger partial charge in [-0.15, -0.1) is 19.8 Å². The van der Waals surface area contributed by atoms with Crippen molar-refractivity contribution in [3.8, 4) is 16.9 Å². The quantitative estimate of drug-likeness (QED) is 0.515. The first-order valence-corrected chi connectivity index (χ1v) is 6.98. The zero-order chi connectivity index (χ0) is 17.2. The number of benzene rings is 2. The van der Waals surface area contributed by atoms with Gasteiger partial charge >= 0.3 is 6.36 Å². The minimum Gasteiger partial charge on any atom is -0.405 e. The minimum absolute atomic E-state index is 0.231. The van der Waals surface area contributed by atoms with Crippen LogP contribution in [0.3, 0.4) is 0 Å². The Morgan fingerprint density at radius 3 is 2.48 bits per heavy atom. The third-order valence-electron chi connectivity index (χ3n) is 3.57. The van der Waals surface area contributed by atoms with E-state index in [0.717, 1.165) is 0 Å². The van der Waals surface area contributed by atoms with Gasteiger partial charge in [-0.1, -0.05) is 24.3 Å². The summed E-state index contributed by atoms with van der Waals surface area (Å²) < 4.78 is 56.1. The number of ether oxygens (including phenoxy) is 1. The van der Waals surface area contributed by atoms with Crippen LogP contribution in [0.25, 0.3) is 11.1 Å². The van der Waals surface area contributed by atoms with E-state index in [1.54, 1.807) is 32.1 Å². The molecule has 122 valence electrons. The van der Waals surface area contributed by atoms with E-state index in [4.69, 9.17) is 0 Å². The van der Waals surface area contributed by atoms with Gasteiger partial charge in [-0.3, -0.25) is 0 Å². The molecule has 2 rings (SSSR count). The molecule has 23 heavy (non-hydrogen) atoms. The van der Waals surface area contributed by atoms with Crippen LogP contribution in [0, 0.1) is 19.7 Å². The van der Waals surface area contributed by atoms with Crippen LogP contribution in [0.2, 0.25) is 0 Å². The smallest absolute Gasteiger partial charge is 0.405 e. The van der Waals surface area contributed by atoms with Crippen molar-refractivity contribution in [1.82, 2.24) is 0 Å². The molecule has 0 atom stereocenters. The van der Waals surface area contributed by atoms with Crippen molar-refractivity contribution < 1.29 is 22.3 Å². The molecule has 0 N–H and O–H groups in total. The molecular weight excluding hydrogens is 308 g/mol. The van der Waals surface area contributed by atoms with Gasteiger partial charge in [0.15, 0.2) is 0 Å². The van der Waals surface area contributed by atoms with E-state index >= 15 is 0 Å². The maximum absolute atomic E-state index is 14.2. The molecule has 0 aromatic heterocycles. The summed E-state index contributed by atoms with van der Waals surface area (Å²) in [4.78, 5) is 0. The largest absolute Gasteiger partial charge is 0.573 e. The number of rotatable bonds is 4. The second-order valence-electron chi connectivity index (χ2n) is 5.23. The Balaban J connectivity index is 2.64. The molecule has 0 aliphatic heterocycles. The normalized spacial score (nSPS) is 11.4. The molecule has 0 unspecified atom stereocenters. The zero-order valence-electron chi connectivity index (χ0n) is 12.8. The monoisotopic (exact) mass is 324 g/mol. The first-order chi connectivity index (χ1) is 10.7. The van der Waals surface area contributed by atoms with Gasteiger partial charge in [-0.25, -0.2) is 4.39 Å². The Morgan fingerprint density at radius 1 is 1.17 bits per heavy atom. The van der Waals surface area contributed by atoms with Crippen molar-refractivity contribution in [1.29, 1.82) is 0 Å². The Bertz CT molecular complexity index is 733. The fraction of sp³-hybridized carbons (Fsp3) is 0.222. The molecule has 0 heterocycles. The summed E-state index contributed by atoms with van der Waals surface area (Å²) in [5, 5.41) is 0. The van der Waals surface area contributed by atoms with Crippen LogP contribution >= 0.6 is 0 Å². The molecule has 5 heteroatoms. The van der Waals surface area contributed by atoms with Crippen molar-refractivity contribution >= 4 is 0 Å². The fourth-order valence-corrected chi connectivity index (χ4v) is 2.47. The third-order valence-corrected chi connectivity index (χ3v) is 3.57. The Hall–Kier alpha value is -2.30. The van der Waals surface area contributed by atoms with Gasteiger partial charge in [0, 0.05) is 5.56 Å². The lowest BCUT2D eigenvalue weighted by molar-refractivity contribution is -0.274. The predicted molar refractivity (Wildman–Crippen MR) is 81.9 cm³/mol. The fourth-order valence-electron chi connectivity index (χ4n) is 2.47. The number of hydrogen-bond donors (Lipinski definition) is 0. The molecule has 1 nitrogen and oxygen atoms in total. The van der Waals surface area contributed by atoms with E-state index in [-0.39, 0.29) is 11.3 Å². The van der Waals surface area contributed by atoms with Crippen molar-refractivity contribution in [2.75, 3.05) is 0 Å². The SMILES string of the molecule is C=CCc1cc(-c2c(C)cccc2OC(F)(F)F)cc(F)c1C. The Labute approximate surface area is 132 Å². The van der Waals surface area contributed by atoms with Crippen LogP contribution < -0.4 is 4.74 Å². The van der Waals surface area contributed by atoms with Gasteiger partial charge in [0.25, 0.3) is 0 Å². The van der Waals surface area contributed by atoms with E-state index in [0.29, 0.717) is 28.7 Å². The van der Waals surface area contributed by atoms with E-state index in [9.17, 15) is 17.6 Å². The lowest BCUT2D eigenvalue weighted by atomic mass is 9.94. The molecular formula is C18H16F4O.